The van der Waals surface area contributed by atoms with Crippen LogP contribution in [0.3, 0.4) is 0 Å². The van der Waals surface area contributed by atoms with E-state index in [1.165, 1.54) is 6.92 Å². The van der Waals surface area contributed by atoms with Gasteiger partial charge in [-0.15, -0.1) is 0 Å². The normalized spacial score (nSPS) is 16.0. The molecule has 10 atom stereocenters. The first kappa shape index (κ1) is 64.3. The van der Waals surface area contributed by atoms with Gasteiger partial charge in [0.15, 0.2) is 10.1 Å². The molecule has 0 aromatic carbocycles. The van der Waals surface area contributed by atoms with Crippen molar-refractivity contribution in [3.8, 4) is 0 Å². The van der Waals surface area contributed by atoms with Gasteiger partial charge < -0.3 is 59.2 Å². The molecule has 0 saturated carbocycles. The molecular formula is C43H80N16O12. The van der Waals surface area contributed by atoms with E-state index in [0.29, 0.717) is 19.1 Å². The van der Waals surface area contributed by atoms with Gasteiger partial charge in [-0.1, -0.05) is 92.9 Å². The summed E-state index contributed by atoms with van der Waals surface area (Å²) < 4.78 is 0. The standard InChI is InChI=1S/C43H80N16O12/c1-12-25(9)31(21-60)52-39(65)32(23(5)6)53-40(66)33(24(7)8)54-41(67)34(26(10)13-2)55-37(63)29(17-15-19-48-43(46)57-59(70)71)50-35(61)27(11)49-38(64)30(20-22(3)4)51-36(62)28(44)16-14-18-47-42(45)56-58(68)69/h21-34H,12-20,44H2,1-11H3,(H,49,64)(H,50,61)(H,51,62)(H,52,65)(H,53,66)(H,54,67)(H,55,63)(H3,45,47,56)(H3,46,48,57). The number of amides is 7. The zero-order valence-corrected chi connectivity index (χ0v) is 42.9. The van der Waals surface area contributed by atoms with Crippen LogP contribution in [0.1, 0.15) is 121 Å². The predicted octanol–water partition coefficient (Wildman–Crippen LogP) is -1.87. The van der Waals surface area contributed by atoms with Crippen molar-refractivity contribution in [2.75, 3.05) is 13.1 Å². The minimum Gasteiger partial charge on any atom is -0.365 e. The van der Waals surface area contributed by atoms with Gasteiger partial charge in [0, 0.05) is 13.1 Å². The molecule has 0 saturated heterocycles. The molecule has 71 heavy (non-hydrogen) atoms. The summed E-state index contributed by atoms with van der Waals surface area (Å²) >= 11 is 0. The molecule has 0 aliphatic rings. The molecule has 0 aromatic rings. The van der Waals surface area contributed by atoms with E-state index >= 15 is 0 Å². The van der Waals surface area contributed by atoms with Gasteiger partial charge in [0.25, 0.3) is 11.9 Å². The summed E-state index contributed by atoms with van der Waals surface area (Å²) in [5, 5.41) is 38.0. The molecule has 28 heteroatoms. The number of nitrogens with one attached hydrogen (secondary N) is 9. The van der Waals surface area contributed by atoms with Crippen LogP contribution in [0.15, 0.2) is 9.98 Å². The second-order valence-corrected chi connectivity index (χ2v) is 18.5. The second kappa shape index (κ2) is 33.0. The van der Waals surface area contributed by atoms with E-state index in [1.807, 2.05) is 13.8 Å². The molecule has 15 N–H and O–H groups in total. The first-order valence-corrected chi connectivity index (χ1v) is 23.9. The molecule has 0 heterocycles. The Hall–Kier alpha value is -6.74. The monoisotopic (exact) mass is 1010 g/mol. The Bertz CT molecular complexity index is 1870. The van der Waals surface area contributed by atoms with E-state index < -0.39 is 129 Å². The highest BCUT2D eigenvalue weighted by atomic mass is 16.7. The third kappa shape index (κ3) is 25.1. The van der Waals surface area contributed by atoms with Crippen molar-refractivity contribution >= 4 is 59.6 Å². The van der Waals surface area contributed by atoms with Crippen molar-refractivity contribution < 1.29 is 48.4 Å². The number of guanidine groups is 2. The molecule has 0 aliphatic heterocycles. The summed E-state index contributed by atoms with van der Waals surface area (Å²) in [5.41, 5.74) is 20.4. The van der Waals surface area contributed by atoms with E-state index in [4.69, 9.17) is 17.2 Å². The number of aldehydes is 1. The van der Waals surface area contributed by atoms with E-state index in [1.54, 1.807) is 66.2 Å². The molecular weight excluding hydrogens is 933 g/mol. The van der Waals surface area contributed by atoms with Crippen molar-refractivity contribution in [3.05, 3.63) is 20.2 Å². The fourth-order valence-electron chi connectivity index (χ4n) is 6.65. The van der Waals surface area contributed by atoms with E-state index in [9.17, 15) is 58.6 Å². The third-order valence-electron chi connectivity index (χ3n) is 11.4. The van der Waals surface area contributed by atoms with Gasteiger partial charge >= 0.3 is 0 Å². The quantitative estimate of drug-likeness (QED) is 0.00856. The van der Waals surface area contributed by atoms with Crippen molar-refractivity contribution in [3.63, 3.8) is 0 Å². The lowest BCUT2D eigenvalue weighted by molar-refractivity contribution is -0.525. The minimum atomic E-state index is -1.39. The highest BCUT2D eigenvalue weighted by molar-refractivity contribution is 5.97. The highest BCUT2D eigenvalue weighted by Crippen LogP contribution is 2.14. The van der Waals surface area contributed by atoms with Crippen LogP contribution in [-0.2, 0) is 38.4 Å². The van der Waals surface area contributed by atoms with Gasteiger partial charge in [-0.25, -0.2) is 30.2 Å². The first-order valence-electron chi connectivity index (χ1n) is 23.9. The number of nitro groups is 2. The number of hydrazine groups is 2. The molecule has 0 fully saturated rings. The average molecular weight is 1010 g/mol. The fraction of sp³-hybridized carbons (Fsp3) is 0.767. The van der Waals surface area contributed by atoms with E-state index in [0.717, 1.165) is 0 Å². The SMILES string of the molecule is CCC(C)C(C=O)NC(=O)C(NC(=O)C(NC(=O)C(NC(=O)C(CCCN=C(N)N[N+](=O)[O-])NC(=O)C(C)NC(=O)C(CC(C)C)NC(=O)C(N)CCCN=C(N)N[N+](=O)[O-])C(C)CC)C(C)C)C(C)C. The molecule has 404 valence electrons. The van der Waals surface area contributed by atoms with Crippen molar-refractivity contribution in [2.45, 2.75) is 169 Å². The van der Waals surface area contributed by atoms with E-state index in [-0.39, 0.29) is 57.0 Å². The minimum absolute atomic E-state index is 0.0180. The van der Waals surface area contributed by atoms with Crippen LogP contribution in [0.5, 0.6) is 0 Å². The van der Waals surface area contributed by atoms with Crippen molar-refractivity contribution in [2.24, 2.45) is 56.8 Å². The van der Waals surface area contributed by atoms with E-state index in [2.05, 4.69) is 47.2 Å². The molecule has 0 spiro atoms. The number of hydrogen-bond acceptors (Lipinski definition) is 15. The number of nitrogens with two attached hydrogens (primary N) is 3. The summed E-state index contributed by atoms with van der Waals surface area (Å²) in [6.07, 6.45) is 1.95. The van der Waals surface area contributed by atoms with Gasteiger partial charge in [0.2, 0.25) is 41.4 Å². The highest BCUT2D eigenvalue weighted by Gasteiger charge is 2.36. The lowest BCUT2D eigenvalue weighted by Crippen LogP contribution is -2.62. The van der Waals surface area contributed by atoms with Crippen molar-refractivity contribution in [1.29, 1.82) is 0 Å². The molecule has 28 nitrogen and oxygen atoms in total. The maximum Gasteiger partial charge on any atom is 0.251 e. The van der Waals surface area contributed by atoms with Gasteiger partial charge in [-0.05, 0) is 68.6 Å². The molecule has 0 radical (unpaired) electrons. The van der Waals surface area contributed by atoms with Gasteiger partial charge in [-0.2, -0.15) is 0 Å². The summed E-state index contributed by atoms with van der Waals surface area (Å²) in [4.78, 5) is 136. The Balaban J connectivity index is 6.43. The maximum atomic E-state index is 14.1. The van der Waals surface area contributed by atoms with Crippen LogP contribution in [0.25, 0.3) is 0 Å². The topological polar surface area (TPSA) is 434 Å². The number of rotatable bonds is 33. The summed E-state index contributed by atoms with van der Waals surface area (Å²) in [6.45, 7) is 18.7. The third-order valence-corrected chi connectivity index (χ3v) is 11.4. The Kier molecular flexibility index (Phi) is 29.8. The maximum absolute atomic E-state index is 14.1. The smallest absolute Gasteiger partial charge is 0.251 e. The van der Waals surface area contributed by atoms with Crippen LogP contribution in [0.4, 0.5) is 0 Å². The van der Waals surface area contributed by atoms with Crippen LogP contribution in [-0.4, -0.2) is 131 Å². The number of carbonyl (C=O) groups is 8. The zero-order valence-electron chi connectivity index (χ0n) is 42.9. The molecule has 10 unspecified atom stereocenters. The number of nitrogens with zero attached hydrogens (tertiary/aromatic N) is 4. The molecule has 0 aromatic heterocycles. The number of hydrogen-bond donors (Lipinski definition) is 12. The lowest BCUT2D eigenvalue weighted by atomic mass is 9.95. The molecule has 0 rings (SSSR count). The zero-order chi connectivity index (χ0) is 54.7. The number of aliphatic imine (C=N–C) groups is 2. The first-order chi connectivity index (χ1) is 33.1. The van der Waals surface area contributed by atoms with Gasteiger partial charge in [-0.3, -0.25) is 33.6 Å². The Morgan fingerprint density at radius 1 is 0.549 bits per heavy atom. The fourth-order valence-corrected chi connectivity index (χ4v) is 6.65. The average Bonchev–Trinajstić information content (AvgIpc) is 3.28. The van der Waals surface area contributed by atoms with Crippen LogP contribution in [0.2, 0.25) is 0 Å². The Morgan fingerprint density at radius 3 is 1.41 bits per heavy atom. The summed E-state index contributed by atoms with van der Waals surface area (Å²) in [6, 6.07) is -9.27. The predicted molar refractivity (Wildman–Crippen MR) is 263 cm³/mol. The lowest BCUT2D eigenvalue weighted by Gasteiger charge is -2.31. The second-order valence-electron chi connectivity index (χ2n) is 18.5. The molecule has 0 bridgehead atoms. The Morgan fingerprint density at radius 2 is 0.972 bits per heavy atom. The summed E-state index contributed by atoms with van der Waals surface area (Å²) in [5.74, 6) is -7.84. The largest absolute Gasteiger partial charge is 0.365 e. The Labute approximate surface area is 414 Å². The van der Waals surface area contributed by atoms with Gasteiger partial charge in [0.05, 0.1) is 12.1 Å². The van der Waals surface area contributed by atoms with Crippen molar-refractivity contribution in [1.82, 2.24) is 48.1 Å². The molecule has 0 aliphatic carbocycles. The van der Waals surface area contributed by atoms with Crippen LogP contribution < -0.4 is 65.3 Å². The summed E-state index contributed by atoms with van der Waals surface area (Å²) in [7, 11) is 0. The van der Waals surface area contributed by atoms with Crippen LogP contribution >= 0.6 is 0 Å². The van der Waals surface area contributed by atoms with Crippen LogP contribution in [0, 0.1) is 49.8 Å². The van der Waals surface area contributed by atoms with Gasteiger partial charge in [0.1, 0.15) is 42.5 Å². The molecule has 7 amide bonds. The number of carbonyl (C=O) groups excluding carboxylic acids is 8.